The molecule has 4 N–H and O–H groups in total. The number of nitrogens with one attached hydrogen (secondary N) is 2. The van der Waals surface area contributed by atoms with Gasteiger partial charge in [-0.2, -0.15) is 0 Å². The second-order valence-corrected chi connectivity index (χ2v) is 5.42. The standard InChI is InChI=1S/C14H19N3O/c15-10-5-4-6-11-12(10)16-9-14(13(18)17-11)7-2-1-3-8-14/h4-6,16H,1-3,7-9,15H2,(H,17,18). The molecule has 4 nitrogen and oxygen atoms in total. The Morgan fingerprint density at radius 1 is 1.17 bits per heavy atom. The summed E-state index contributed by atoms with van der Waals surface area (Å²) in [4.78, 5) is 12.5. The fourth-order valence-corrected chi connectivity index (χ4v) is 3.10. The predicted octanol–water partition coefficient (Wildman–Crippen LogP) is 2.58. The van der Waals surface area contributed by atoms with E-state index in [0.717, 1.165) is 37.1 Å². The molecule has 18 heavy (non-hydrogen) atoms. The number of carbonyl (C=O) groups is 1. The minimum Gasteiger partial charge on any atom is -0.397 e. The summed E-state index contributed by atoms with van der Waals surface area (Å²) >= 11 is 0. The minimum atomic E-state index is -0.246. The zero-order valence-corrected chi connectivity index (χ0v) is 10.5. The van der Waals surface area contributed by atoms with Crippen molar-refractivity contribution in [2.24, 2.45) is 5.41 Å². The average Bonchev–Trinajstić information content (AvgIpc) is 2.51. The lowest BCUT2D eigenvalue weighted by molar-refractivity contribution is -0.126. The lowest BCUT2D eigenvalue weighted by atomic mass is 9.73. The Morgan fingerprint density at radius 3 is 2.72 bits per heavy atom. The lowest BCUT2D eigenvalue weighted by Gasteiger charge is -2.34. The largest absolute Gasteiger partial charge is 0.397 e. The Balaban J connectivity index is 1.95. The van der Waals surface area contributed by atoms with Crippen LogP contribution in [0, 0.1) is 5.41 Å². The highest BCUT2D eigenvalue weighted by atomic mass is 16.2. The molecular weight excluding hydrogens is 226 g/mol. The van der Waals surface area contributed by atoms with Gasteiger partial charge in [-0.1, -0.05) is 25.3 Å². The third-order valence-corrected chi connectivity index (χ3v) is 4.24. The molecule has 1 aliphatic heterocycles. The first-order valence-electron chi connectivity index (χ1n) is 6.65. The second-order valence-electron chi connectivity index (χ2n) is 5.42. The molecule has 1 aromatic rings. The number of para-hydroxylation sites is 1. The van der Waals surface area contributed by atoms with Crippen molar-refractivity contribution in [1.29, 1.82) is 0 Å². The van der Waals surface area contributed by atoms with E-state index in [2.05, 4.69) is 10.6 Å². The van der Waals surface area contributed by atoms with Crippen LogP contribution in [0.5, 0.6) is 0 Å². The Morgan fingerprint density at radius 2 is 1.94 bits per heavy atom. The van der Waals surface area contributed by atoms with Gasteiger partial charge in [0.05, 0.1) is 22.5 Å². The molecule has 1 aromatic carbocycles. The van der Waals surface area contributed by atoms with Gasteiger partial charge >= 0.3 is 0 Å². The van der Waals surface area contributed by atoms with Crippen LogP contribution in [0.2, 0.25) is 0 Å². The van der Waals surface area contributed by atoms with Crippen molar-refractivity contribution < 1.29 is 4.79 Å². The van der Waals surface area contributed by atoms with E-state index in [9.17, 15) is 4.79 Å². The maximum Gasteiger partial charge on any atom is 0.232 e. The Bertz CT molecular complexity index is 478. The quantitative estimate of drug-likeness (QED) is 0.615. The molecule has 3 rings (SSSR count). The maximum atomic E-state index is 12.5. The average molecular weight is 245 g/mol. The number of fused-ring (bicyclic) bond motifs is 1. The van der Waals surface area contributed by atoms with E-state index < -0.39 is 0 Å². The van der Waals surface area contributed by atoms with Crippen LogP contribution in [-0.4, -0.2) is 12.5 Å². The molecule has 1 spiro atoms. The fourth-order valence-electron chi connectivity index (χ4n) is 3.10. The van der Waals surface area contributed by atoms with Gasteiger partial charge in [0.1, 0.15) is 0 Å². The number of rotatable bonds is 0. The Kier molecular flexibility index (Phi) is 2.65. The van der Waals surface area contributed by atoms with Crippen molar-refractivity contribution in [3.8, 4) is 0 Å². The number of carbonyl (C=O) groups excluding carboxylic acids is 1. The molecule has 1 saturated carbocycles. The molecule has 96 valence electrons. The van der Waals surface area contributed by atoms with E-state index in [4.69, 9.17) is 5.73 Å². The van der Waals surface area contributed by atoms with Crippen molar-refractivity contribution in [1.82, 2.24) is 0 Å². The molecule has 0 radical (unpaired) electrons. The first-order chi connectivity index (χ1) is 8.71. The molecule has 1 heterocycles. The SMILES string of the molecule is Nc1cccc2c1NCC1(CCCCC1)C(=O)N2. The van der Waals surface area contributed by atoms with E-state index in [0.29, 0.717) is 12.2 Å². The van der Waals surface area contributed by atoms with Gasteiger partial charge in [-0.15, -0.1) is 0 Å². The van der Waals surface area contributed by atoms with Crippen molar-refractivity contribution >= 4 is 23.0 Å². The van der Waals surface area contributed by atoms with Crippen LogP contribution in [0.4, 0.5) is 17.1 Å². The van der Waals surface area contributed by atoms with Gasteiger partial charge in [-0.25, -0.2) is 0 Å². The molecule has 1 amide bonds. The molecule has 0 unspecified atom stereocenters. The lowest BCUT2D eigenvalue weighted by Crippen LogP contribution is -2.41. The molecular formula is C14H19N3O. The van der Waals surface area contributed by atoms with E-state index >= 15 is 0 Å². The molecule has 2 aliphatic rings. The van der Waals surface area contributed by atoms with Gasteiger partial charge in [0, 0.05) is 6.54 Å². The predicted molar refractivity (Wildman–Crippen MR) is 73.5 cm³/mol. The van der Waals surface area contributed by atoms with Crippen LogP contribution in [0.3, 0.4) is 0 Å². The number of benzene rings is 1. The first-order valence-corrected chi connectivity index (χ1v) is 6.65. The summed E-state index contributed by atoms with van der Waals surface area (Å²) in [5, 5.41) is 6.42. The highest BCUT2D eigenvalue weighted by Gasteiger charge is 2.41. The van der Waals surface area contributed by atoms with Crippen molar-refractivity contribution in [3.05, 3.63) is 18.2 Å². The topological polar surface area (TPSA) is 67.1 Å². The number of amides is 1. The second kappa shape index (κ2) is 4.19. The van der Waals surface area contributed by atoms with Crippen LogP contribution >= 0.6 is 0 Å². The van der Waals surface area contributed by atoms with Crippen LogP contribution in [0.25, 0.3) is 0 Å². The number of nitrogen functional groups attached to an aromatic ring is 1. The minimum absolute atomic E-state index is 0.152. The summed E-state index contributed by atoms with van der Waals surface area (Å²) in [6, 6.07) is 5.63. The number of hydrogen-bond donors (Lipinski definition) is 3. The van der Waals surface area contributed by atoms with Crippen LogP contribution in [0.15, 0.2) is 18.2 Å². The fraction of sp³-hybridized carbons (Fsp3) is 0.500. The van der Waals surface area contributed by atoms with Gasteiger partial charge in [-0.3, -0.25) is 4.79 Å². The summed E-state index contributed by atoms with van der Waals surface area (Å²) in [6.07, 6.45) is 5.46. The van der Waals surface area contributed by atoms with E-state index in [-0.39, 0.29) is 11.3 Å². The van der Waals surface area contributed by atoms with Gasteiger partial charge in [0.15, 0.2) is 0 Å². The third-order valence-electron chi connectivity index (χ3n) is 4.24. The third kappa shape index (κ3) is 1.72. The molecule has 0 aromatic heterocycles. The summed E-state index contributed by atoms with van der Waals surface area (Å²) in [5.41, 5.74) is 8.09. The zero-order chi connectivity index (χ0) is 12.6. The summed E-state index contributed by atoms with van der Waals surface area (Å²) in [7, 11) is 0. The smallest absolute Gasteiger partial charge is 0.232 e. The van der Waals surface area contributed by atoms with Crippen molar-refractivity contribution in [2.45, 2.75) is 32.1 Å². The van der Waals surface area contributed by atoms with Crippen LogP contribution in [0.1, 0.15) is 32.1 Å². The molecule has 1 fully saturated rings. The number of hydrogen-bond acceptors (Lipinski definition) is 3. The summed E-state index contributed by atoms with van der Waals surface area (Å²) in [6.45, 7) is 0.694. The monoisotopic (exact) mass is 245 g/mol. The van der Waals surface area contributed by atoms with E-state index in [1.54, 1.807) is 0 Å². The summed E-state index contributed by atoms with van der Waals surface area (Å²) in [5.74, 6) is 0.152. The van der Waals surface area contributed by atoms with Crippen molar-refractivity contribution in [2.75, 3.05) is 22.9 Å². The van der Waals surface area contributed by atoms with Gasteiger partial charge in [0.25, 0.3) is 0 Å². The normalized spacial score (nSPS) is 21.7. The van der Waals surface area contributed by atoms with Crippen molar-refractivity contribution in [3.63, 3.8) is 0 Å². The number of nitrogens with two attached hydrogens (primary N) is 1. The van der Waals surface area contributed by atoms with Crippen LogP contribution < -0.4 is 16.4 Å². The number of anilines is 3. The van der Waals surface area contributed by atoms with Gasteiger partial charge < -0.3 is 16.4 Å². The van der Waals surface area contributed by atoms with E-state index in [1.807, 2.05) is 18.2 Å². The molecule has 0 atom stereocenters. The highest BCUT2D eigenvalue weighted by molar-refractivity contribution is 6.01. The Labute approximate surface area is 107 Å². The molecule has 0 bridgehead atoms. The first kappa shape index (κ1) is 11.4. The highest BCUT2D eigenvalue weighted by Crippen LogP contribution is 2.41. The van der Waals surface area contributed by atoms with Crippen LogP contribution in [-0.2, 0) is 4.79 Å². The maximum absolute atomic E-state index is 12.5. The molecule has 4 heteroatoms. The zero-order valence-electron chi connectivity index (χ0n) is 10.5. The molecule has 0 saturated heterocycles. The van der Waals surface area contributed by atoms with E-state index in [1.165, 1.54) is 6.42 Å². The molecule has 1 aliphatic carbocycles. The Hall–Kier alpha value is -1.71. The van der Waals surface area contributed by atoms with Gasteiger partial charge in [-0.05, 0) is 25.0 Å². The summed E-state index contributed by atoms with van der Waals surface area (Å²) < 4.78 is 0. The van der Waals surface area contributed by atoms with Gasteiger partial charge in [0.2, 0.25) is 5.91 Å².